The number of ether oxygens (including phenoxy) is 1. The molecule has 1 saturated heterocycles. The zero-order valence-corrected chi connectivity index (χ0v) is 15.3. The van der Waals surface area contributed by atoms with Crippen molar-refractivity contribution < 1.29 is 9.53 Å². The van der Waals surface area contributed by atoms with Gasteiger partial charge < -0.3 is 15.4 Å². The minimum atomic E-state index is 0.146. The summed E-state index contributed by atoms with van der Waals surface area (Å²) in [6, 6.07) is 8.28. The molecule has 1 atom stereocenters. The zero-order valence-electron chi connectivity index (χ0n) is 15.3. The molecule has 1 heterocycles. The zero-order chi connectivity index (χ0) is 17.5. The molecule has 1 unspecified atom stereocenters. The Balaban J connectivity index is 1.58. The van der Waals surface area contributed by atoms with Crippen LogP contribution < -0.4 is 15.4 Å². The number of benzene rings is 1. The van der Waals surface area contributed by atoms with Crippen molar-refractivity contribution in [2.75, 3.05) is 39.8 Å². The minimum absolute atomic E-state index is 0.146. The number of nitrogens with zero attached hydrogens (tertiary/aromatic N) is 1. The van der Waals surface area contributed by atoms with Crippen LogP contribution in [0.25, 0.3) is 0 Å². The molecule has 2 aliphatic rings. The second-order valence-corrected chi connectivity index (χ2v) is 7.24. The summed E-state index contributed by atoms with van der Waals surface area (Å²) in [6.07, 6.45) is 6.50. The second-order valence-electron chi connectivity index (χ2n) is 7.24. The SMILES string of the molecule is COc1ccccc1C1CNCCN1CC(=O)NCC1CCCCC1. The van der Waals surface area contributed by atoms with Crippen LogP contribution in [0.3, 0.4) is 0 Å². The summed E-state index contributed by atoms with van der Waals surface area (Å²) in [5, 5.41) is 6.61. The normalized spacial score (nSPS) is 22.5. The number of amides is 1. The molecule has 5 nitrogen and oxygen atoms in total. The van der Waals surface area contributed by atoms with Gasteiger partial charge in [-0.25, -0.2) is 0 Å². The Labute approximate surface area is 151 Å². The molecule has 0 spiro atoms. The van der Waals surface area contributed by atoms with Crippen LogP contribution in [-0.4, -0.2) is 50.6 Å². The Morgan fingerprint density at radius 1 is 1.28 bits per heavy atom. The number of hydrogen-bond acceptors (Lipinski definition) is 4. The van der Waals surface area contributed by atoms with E-state index in [1.165, 1.54) is 32.1 Å². The number of para-hydroxylation sites is 1. The van der Waals surface area contributed by atoms with Crippen LogP contribution >= 0.6 is 0 Å². The van der Waals surface area contributed by atoms with Crippen LogP contribution in [-0.2, 0) is 4.79 Å². The average Bonchev–Trinajstić information content (AvgIpc) is 2.67. The molecule has 2 N–H and O–H groups in total. The van der Waals surface area contributed by atoms with Gasteiger partial charge in [-0.15, -0.1) is 0 Å². The Morgan fingerprint density at radius 2 is 2.08 bits per heavy atom. The van der Waals surface area contributed by atoms with Gasteiger partial charge in [-0.1, -0.05) is 37.5 Å². The first-order chi connectivity index (χ1) is 12.3. The predicted molar refractivity (Wildman–Crippen MR) is 99.8 cm³/mol. The number of hydrogen-bond donors (Lipinski definition) is 2. The molecule has 0 bridgehead atoms. The van der Waals surface area contributed by atoms with E-state index in [1.807, 2.05) is 18.2 Å². The quantitative estimate of drug-likeness (QED) is 0.831. The first-order valence-corrected chi connectivity index (χ1v) is 9.62. The highest BCUT2D eigenvalue weighted by molar-refractivity contribution is 5.78. The van der Waals surface area contributed by atoms with Crippen LogP contribution in [0.15, 0.2) is 24.3 Å². The van der Waals surface area contributed by atoms with Crippen molar-refractivity contribution in [3.63, 3.8) is 0 Å². The van der Waals surface area contributed by atoms with Crippen molar-refractivity contribution in [1.82, 2.24) is 15.5 Å². The smallest absolute Gasteiger partial charge is 0.234 e. The van der Waals surface area contributed by atoms with E-state index in [2.05, 4.69) is 21.6 Å². The first-order valence-electron chi connectivity index (χ1n) is 9.62. The third-order valence-corrected chi connectivity index (χ3v) is 5.51. The highest BCUT2D eigenvalue weighted by Crippen LogP contribution is 2.30. The fraction of sp³-hybridized carbons (Fsp3) is 0.650. The number of carbonyl (C=O) groups excluding carboxylic acids is 1. The Kier molecular flexibility index (Phi) is 6.70. The van der Waals surface area contributed by atoms with E-state index in [0.29, 0.717) is 12.5 Å². The molecule has 138 valence electrons. The fourth-order valence-electron chi connectivity index (χ4n) is 4.07. The van der Waals surface area contributed by atoms with E-state index in [4.69, 9.17) is 4.74 Å². The molecule has 0 aromatic heterocycles. The molecular weight excluding hydrogens is 314 g/mol. The molecule has 25 heavy (non-hydrogen) atoms. The lowest BCUT2D eigenvalue weighted by Crippen LogP contribution is -2.50. The van der Waals surface area contributed by atoms with Gasteiger partial charge in [-0.05, 0) is 24.8 Å². The summed E-state index contributed by atoms with van der Waals surface area (Å²) < 4.78 is 5.52. The topological polar surface area (TPSA) is 53.6 Å². The monoisotopic (exact) mass is 345 g/mol. The van der Waals surface area contributed by atoms with E-state index in [-0.39, 0.29) is 11.9 Å². The van der Waals surface area contributed by atoms with Crippen molar-refractivity contribution in [2.24, 2.45) is 5.92 Å². The maximum Gasteiger partial charge on any atom is 0.234 e. The van der Waals surface area contributed by atoms with Crippen molar-refractivity contribution in [3.8, 4) is 5.75 Å². The Hall–Kier alpha value is -1.59. The van der Waals surface area contributed by atoms with E-state index in [9.17, 15) is 4.79 Å². The first kappa shape index (κ1) is 18.2. The van der Waals surface area contributed by atoms with Crippen molar-refractivity contribution in [2.45, 2.75) is 38.1 Å². The van der Waals surface area contributed by atoms with Gasteiger partial charge in [-0.3, -0.25) is 9.69 Å². The minimum Gasteiger partial charge on any atom is -0.496 e. The average molecular weight is 345 g/mol. The van der Waals surface area contributed by atoms with Gasteiger partial charge in [-0.2, -0.15) is 0 Å². The van der Waals surface area contributed by atoms with Gasteiger partial charge in [0.2, 0.25) is 5.91 Å². The van der Waals surface area contributed by atoms with Crippen molar-refractivity contribution in [1.29, 1.82) is 0 Å². The number of rotatable bonds is 6. The predicted octanol–water partition coefficient (Wildman–Crippen LogP) is 2.34. The van der Waals surface area contributed by atoms with Crippen LogP contribution in [0.4, 0.5) is 0 Å². The van der Waals surface area contributed by atoms with Gasteiger partial charge in [0, 0.05) is 31.7 Å². The van der Waals surface area contributed by atoms with Gasteiger partial charge >= 0.3 is 0 Å². The molecule has 1 aromatic rings. The fourth-order valence-corrected chi connectivity index (χ4v) is 4.07. The molecular formula is C20H31N3O2. The van der Waals surface area contributed by atoms with Gasteiger partial charge in [0.05, 0.1) is 19.7 Å². The van der Waals surface area contributed by atoms with Gasteiger partial charge in [0.25, 0.3) is 0 Å². The molecule has 0 radical (unpaired) electrons. The Bertz CT molecular complexity index is 558. The lowest BCUT2D eigenvalue weighted by molar-refractivity contribution is -0.123. The molecule has 2 fully saturated rings. The summed E-state index contributed by atoms with van der Waals surface area (Å²) in [4.78, 5) is 14.7. The standard InChI is InChI=1S/C20H31N3O2/c1-25-19-10-6-5-9-17(19)18-14-21-11-12-23(18)15-20(24)22-13-16-7-3-2-4-8-16/h5-6,9-10,16,18,21H,2-4,7-8,11-15H2,1H3,(H,22,24). The maximum atomic E-state index is 12.5. The van der Waals surface area contributed by atoms with Gasteiger partial charge in [0.1, 0.15) is 5.75 Å². The van der Waals surface area contributed by atoms with Crippen LogP contribution in [0.5, 0.6) is 5.75 Å². The summed E-state index contributed by atoms with van der Waals surface area (Å²) in [5.74, 6) is 1.71. The Morgan fingerprint density at radius 3 is 2.88 bits per heavy atom. The van der Waals surface area contributed by atoms with E-state index in [1.54, 1.807) is 7.11 Å². The second kappa shape index (κ2) is 9.20. The third kappa shape index (κ3) is 4.95. The van der Waals surface area contributed by atoms with Crippen LogP contribution in [0, 0.1) is 5.92 Å². The summed E-state index contributed by atoms with van der Waals surface area (Å²) in [5.41, 5.74) is 1.15. The lowest BCUT2D eigenvalue weighted by atomic mass is 9.89. The number of methoxy groups -OCH3 is 1. The molecule has 1 saturated carbocycles. The number of piperazine rings is 1. The molecule has 5 heteroatoms. The molecule has 1 aliphatic carbocycles. The molecule has 3 rings (SSSR count). The van der Waals surface area contributed by atoms with Crippen molar-refractivity contribution >= 4 is 5.91 Å². The van der Waals surface area contributed by atoms with Gasteiger partial charge in [0.15, 0.2) is 0 Å². The number of carbonyl (C=O) groups is 1. The van der Waals surface area contributed by atoms with E-state index in [0.717, 1.165) is 37.5 Å². The summed E-state index contributed by atoms with van der Waals surface area (Å²) in [6.45, 7) is 3.93. The van der Waals surface area contributed by atoms with Crippen LogP contribution in [0.2, 0.25) is 0 Å². The summed E-state index contributed by atoms with van der Waals surface area (Å²) >= 11 is 0. The van der Waals surface area contributed by atoms with Crippen molar-refractivity contribution in [3.05, 3.63) is 29.8 Å². The maximum absolute atomic E-state index is 12.5. The van der Waals surface area contributed by atoms with E-state index >= 15 is 0 Å². The van der Waals surface area contributed by atoms with Crippen LogP contribution in [0.1, 0.15) is 43.7 Å². The highest BCUT2D eigenvalue weighted by atomic mass is 16.5. The third-order valence-electron chi connectivity index (χ3n) is 5.51. The molecule has 1 amide bonds. The molecule has 1 aromatic carbocycles. The largest absolute Gasteiger partial charge is 0.496 e. The van der Waals surface area contributed by atoms with E-state index < -0.39 is 0 Å². The lowest BCUT2D eigenvalue weighted by Gasteiger charge is -2.36. The summed E-state index contributed by atoms with van der Waals surface area (Å²) in [7, 11) is 1.70. The molecule has 1 aliphatic heterocycles. The highest BCUT2D eigenvalue weighted by Gasteiger charge is 2.27. The number of nitrogens with one attached hydrogen (secondary N) is 2.